The normalized spacial score (nSPS) is 12.4. The smallest absolute Gasteiger partial charge is 0.416 e. The summed E-state index contributed by atoms with van der Waals surface area (Å²) in [5, 5.41) is 14.9. The Labute approximate surface area is 225 Å². The number of fused-ring (bicyclic) bond motifs is 1. The van der Waals surface area contributed by atoms with Gasteiger partial charge in [0, 0.05) is 11.3 Å². The van der Waals surface area contributed by atoms with Gasteiger partial charge < -0.3 is 20.1 Å². The molecule has 1 aliphatic heterocycles. The summed E-state index contributed by atoms with van der Waals surface area (Å²) in [7, 11) is 0. The van der Waals surface area contributed by atoms with Crippen LogP contribution in [-0.4, -0.2) is 29.0 Å². The van der Waals surface area contributed by atoms with E-state index in [9.17, 15) is 18.0 Å². The number of carbonyl (C=O) groups excluding carboxylic acids is 1. The van der Waals surface area contributed by atoms with Crippen molar-refractivity contribution in [3.8, 4) is 34.6 Å². The fourth-order valence-electron chi connectivity index (χ4n) is 3.84. The summed E-state index contributed by atoms with van der Waals surface area (Å²) >= 11 is 6.27. The average molecular weight is 552 g/mol. The number of alkyl halides is 3. The molecule has 0 bridgehead atoms. The van der Waals surface area contributed by atoms with Crippen molar-refractivity contribution in [3.05, 3.63) is 88.7 Å². The van der Waals surface area contributed by atoms with E-state index in [0.29, 0.717) is 24.5 Å². The largest absolute Gasteiger partial charge is 0.483 e. The molecule has 0 unspecified atom stereocenters. The Kier molecular flexibility index (Phi) is 6.96. The number of ether oxygens (including phenoxy) is 2. The molecule has 1 amide bonds. The van der Waals surface area contributed by atoms with Gasteiger partial charge >= 0.3 is 6.18 Å². The van der Waals surface area contributed by atoms with E-state index < -0.39 is 17.6 Å². The number of nitrogens with zero attached hydrogens (tertiary/aromatic N) is 3. The van der Waals surface area contributed by atoms with Crippen LogP contribution in [0, 0.1) is 11.3 Å². The molecule has 5 rings (SSSR count). The lowest BCUT2D eigenvalue weighted by Crippen LogP contribution is -2.19. The maximum atomic E-state index is 13.7. The molecule has 0 radical (unpaired) electrons. The topological polar surface area (TPSA) is 109 Å². The Morgan fingerprint density at radius 3 is 2.74 bits per heavy atom. The monoisotopic (exact) mass is 551 g/mol. The summed E-state index contributed by atoms with van der Waals surface area (Å²) in [6.45, 7) is 0.924. The van der Waals surface area contributed by atoms with Crippen molar-refractivity contribution < 1.29 is 27.4 Å². The molecule has 1 aromatic heterocycles. The van der Waals surface area contributed by atoms with Crippen molar-refractivity contribution in [3.63, 3.8) is 0 Å². The van der Waals surface area contributed by atoms with E-state index in [-0.39, 0.29) is 44.8 Å². The molecule has 0 saturated carbocycles. The van der Waals surface area contributed by atoms with Crippen molar-refractivity contribution in [1.82, 2.24) is 9.97 Å². The highest BCUT2D eigenvalue weighted by molar-refractivity contribution is 6.32. The van der Waals surface area contributed by atoms with Crippen LogP contribution in [0.1, 0.15) is 21.5 Å². The van der Waals surface area contributed by atoms with Crippen molar-refractivity contribution >= 4 is 29.0 Å². The van der Waals surface area contributed by atoms with E-state index in [1.807, 2.05) is 6.07 Å². The Bertz CT molecular complexity index is 1620. The third-order valence-corrected chi connectivity index (χ3v) is 5.97. The van der Waals surface area contributed by atoms with Gasteiger partial charge in [-0.25, -0.2) is 4.98 Å². The van der Waals surface area contributed by atoms with Crippen molar-refractivity contribution in [2.75, 3.05) is 23.8 Å². The molecule has 0 fully saturated rings. The lowest BCUT2D eigenvalue weighted by Gasteiger charge is -2.19. The minimum absolute atomic E-state index is 0.0711. The Hall–Kier alpha value is -4.82. The van der Waals surface area contributed by atoms with Gasteiger partial charge in [-0.05, 0) is 59.7 Å². The fourth-order valence-corrected chi connectivity index (χ4v) is 3.99. The first kappa shape index (κ1) is 25.8. The molecule has 0 spiro atoms. The van der Waals surface area contributed by atoms with Crippen LogP contribution in [0.2, 0.25) is 5.02 Å². The summed E-state index contributed by atoms with van der Waals surface area (Å²) in [4.78, 5) is 21.2. The molecule has 0 aliphatic carbocycles. The minimum atomic E-state index is -4.67. The number of benzene rings is 3. The molecule has 196 valence electrons. The van der Waals surface area contributed by atoms with Gasteiger partial charge in [0.25, 0.3) is 11.8 Å². The highest BCUT2D eigenvalue weighted by Crippen LogP contribution is 2.39. The first-order chi connectivity index (χ1) is 18.7. The maximum Gasteiger partial charge on any atom is 0.416 e. The number of hydrogen-bond acceptors (Lipinski definition) is 7. The van der Waals surface area contributed by atoms with Crippen LogP contribution in [0.25, 0.3) is 11.1 Å². The third-order valence-electron chi connectivity index (χ3n) is 5.66. The second-order valence-corrected chi connectivity index (χ2v) is 8.73. The SMILES string of the molecule is N#Cc1cccc(-c2cc(NC(=O)c3ccc(Cl)c(Oc4ncnc5c4OCCN5)c3)cc(C(F)(F)F)c2)c1. The van der Waals surface area contributed by atoms with E-state index in [1.54, 1.807) is 18.2 Å². The summed E-state index contributed by atoms with van der Waals surface area (Å²) in [6, 6.07) is 15.5. The molecular weight excluding hydrogens is 535 g/mol. The molecular formula is C27H17ClF3N5O3. The third kappa shape index (κ3) is 5.71. The quantitative estimate of drug-likeness (QED) is 0.290. The van der Waals surface area contributed by atoms with E-state index in [1.165, 1.54) is 36.7 Å². The summed E-state index contributed by atoms with van der Waals surface area (Å²) < 4.78 is 52.4. The lowest BCUT2D eigenvalue weighted by molar-refractivity contribution is -0.137. The van der Waals surface area contributed by atoms with Gasteiger partial charge in [0.15, 0.2) is 5.82 Å². The summed E-state index contributed by atoms with van der Waals surface area (Å²) in [5.41, 5.74) is -0.117. The zero-order valence-electron chi connectivity index (χ0n) is 19.8. The van der Waals surface area contributed by atoms with E-state index in [0.717, 1.165) is 12.1 Å². The number of nitrogens with one attached hydrogen (secondary N) is 2. The van der Waals surface area contributed by atoms with Gasteiger partial charge in [-0.3, -0.25) is 4.79 Å². The number of amides is 1. The van der Waals surface area contributed by atoms with Crippen molar-refractivity contribution in [2.24, 2.45) is 0 Å². The van der Waals surface area contributed by atoms with Gasteiger partial charge in [0.2, 0.25) is 5.75 Å². The maximum absolute atomic E-state index is 13.7. The first-order valence-electron chi connectivity index (χ1n) is 11.4. The Morgan fingerprint density at radius 2 is 1.95 bits per heavy atom. The van der Waals surface area contributed by atoms with Gasteiger partial charge in [0.1, 0.15) is 18.7 Å². The highest BCUT2D eigenvalue weighted by atomic mass is 35.5. The predicted octanol–water partition coefficient (Wildman–Crippen LogP) is 6.54. The highest BCUT2D eigenvalue weighted by Gasteiger charge is 2.31. The van der Waals surface area contributed by atoms with E-state index >= 15 is 0 Å². The number of rotatable bonds is 5. The van der Waals surface area contributed by atoms with Gasteiger partial charge in [0.05, 0.1) is 28.8 Å². The standard InChI is InChI=1S/C27H17ClF3N5O3/c28-21-5-4-17(11-22(21)39-26-23-24(34-14-35-26)33-6-7-38-23)25(37)36-20-10-18(9-19(12-20)27(29,30)31)16-3-1-2-15(8-16)13-32/h1-5,8-12,14H,6-7H2,(H,36,37)(H,33,34,35). The van der Waals surface area contributed by atoms with Crippen LogP contribution < -0.4 is 20.1 Å². The predicted molar refractivity (Wildman–Crippen MR) is 137 cm³/mol. The molecule has 2 heterocycles. The van der Waals surface area contributed by atoms with E-state index in [4.69, 9.17) is 26.3 Å². The molecule has 1 aliphatic rings. The molecule has 8 nitrogen and oxygen atoms in total. The van der Waals surface area contributed by atoms with Gasteiger partial charge in [-0.1, -0.05) is 23.7 Å². The van der Waals surface area contributed by atoms with Crippen LogP contribution >= 0.6 is 11.6 Å². The van der Waals surface area contributed by atoms with Crippen LogP contribution in [0.3, 0.4) is 0 Å². The van der Waals surface area contributed by atoms with Gasteiger partial charge in [-0.15, -0.1) is 0 Å². The molecule has 2 N–H and O–H groups in total. The molecule has 39 heavy (non-hydrogen) atoms. The van der Waals surface area contributed by atoms with E-state index in [2.05, 4.69) is 20.6 Å². The number of aromatic nitrogens is 2. The van der Waals surface area contributed by atoms with Gasteiger partial charge in [-0.2, -0.15) is 23.4 Å². The number of nitriles is 1. The summed E-state index contributed by atoms with van der Waals surface area (Å²) in [5.74, 6) is 0.185. The Balaban J connectivity index is 1.44. The summed E-state index contributed by atoms with van der Waals surface area (Å²) in [6.07, 6.45) is -3.39. The van der Waals surface area contributed by atoms with Crippen molar-refractivity contribution in [1.29, 1.82) is 5.26 Å². The Morgan fingerprint density at radius 1 is 1.10 bits per heavy atom. The molecule has 0 atom stereocenters. The van der Waals surface area contributed by atoms with Crippen LogP contribution in [0.5, 0.6) is 17.4 Å². The van der Waals surface area contributed by atoms with Crippen LogP contribution in [0.15, 0.2) is 67.0 Å². The minimum Gasteiger partial charge on any atom is -0.483 e. The molecule has 0 saturated heterocycles. The molecule has 4 aromatic rings. The second kappa shape index (κ2) is 10.5. The number of carbonyl (C=O) groups is 1. The first-order valence-corrected chi connectivity index (χ1v) is 11.8. The lowest BCUT2D eigenvalue weighted by atomic mass is 10.00. The average Bonchev–Trinajstić information content (AvgIpc) is 2.93. The molecule has 12 heteroatoms. The van der Waals surface area contributed by atoms with Crippen LogP contribution in [-0.2, 0) is 6.18 Å². The zero-order valence-corrected chi connectivity index (χ0v) is 20.6. The second-order valence-electron chi connectivity index (χ2n) is 8.32. The van der Waals surface area contributed by atoms with Crippen LogP contribution in [0.4, 0.5) is 24.7 Å². The number of halogens is 4. The number of anilines is 2. The number of hydrogen-bond donors (Lipinski definition) is 2. The molecule has 3 aromatic carbocycles. The zero-order chi connectivity index (χ0) is 27.6. The fraction of sp³-hybridized carbons (Fsp3) is 0.111. The van der Waals surface area contributed by atoms with Crippen molar-refractivity contribution in [2.45, 2.75) is 6.18 Å².